The number of carbonyl (C=O) groups is 1. The van der Waals surface area contributed by atoms with E-state index >= 15 is 0 Å². The van der Waals surface area contributed by atoms with Gasteiger partial charge in [0.05, 0.1) is 0 Å². The zero-order valence-corrected chi connectivity index (χ0v) is 17.9. The van der Waals surface area contributed by atoms with Crippen molar-refractivity contribution in [1.29, 1.82) is 0 Å². The summed E-state index contributed by atoms with van der Waals surface area (Å²) in [6.07, 6.45) is 1.68. The van der Waals surface area contributed by atoms with Gasteiger partial charge in [0.1, 0.15) is 11.5 Å². The van der Waals surface area contributed by atoms with Gasteiger partial charge in [0.2, 0.25) is 5.82 Å². The topological polar surface area (TPSA) is 89.4 Å². The van der Waals surface area contributed by atoms with Crippen molar-refractivity contribution in [3.05, 3.63) is 114 Å². The molecular formula is C26H22N6O. The van der Waals surface area contributed by atoms with Gasteiger partial charge < -0.3 is 10.6 Å². The maximum atomic E-state index is 13.6. The summed E-state index contributed by atoms with van der Waals surface area (Å²) < 4.78 is 1.53. The Morgan fingerprint density at radius 3 is 2.09 bits per heavy atom. The molecule has 33 heavy (non-hydrogen) atoms. The third-order valence-electron chi connectivity index (χ3n) is 5.33. The van der Waals surface area contributed by atoms with Crippen LogP contribution in [0.1, 0.15) is 21.5 Å². The van der Waals surface area contributed by atoms with Gasteiger partial charge in [0, 0.05) is 24.8 Å². The van der Waals surface area contributed by atoms with Crippen LogP contribution in [0.2, 0.25) is 0 Å². The molecule has 7 nitrogen and oxygen atoms in total. The number of amides is 1. The van der Waals surface area contributed by atoms with Crippen molar-refractivity contribution in [2.24, 2.45) is 0 Å². The summed E-state index contributed by atoms with van der Waals surface area (Å²) in [6, 6.07) is 28.8. The molecule has 0 aliphatic rings. The zero-order chi connectivity index (χ0) is 22.6. The summed E-state index contributed by atoms with van der Waals surface area (Å²) in [5.41, 5.74) is 9.97. The lowest BCUT2D eigenvalue weighted by Crippen LogP contribution is -2.30. The van der Waals surface area contributed by atoms with Gasteiger partial charge in [-0.15, -0.1) is 5.10 Å². The van der Waals surface area contributed by atoms with Crippen LogP contribution in [0, 0.1) is 0 Å². The van der Waals surface area contributed by atoms with Gasteiger partial charge in [0.15, 0.2) is 5.65 Å². The normalized spacial score (nSPS) is 10.9. The van der Waals surface area contributed by atoms with Crippen LogP contribution in [0.5, 0.6) is 0 Å². The fraction of sp³-hybridized carbons (Fsp3) is 0.0769. The van der Waals surface area contributed by atoms with Gasteiger partial charge in [-0.2, -0.15) is 4.52 Å². The summed E-state index contributed by atoms with van der Waals surface area (Å²) >= 11 is 0. The number of carbonyl (C=O) groups excluding carboxylic acids is 1. The number of rotatable bonds is 6. The van der Waals surface area contributed by atoms with Crippen molar-refractivity contribution in [3.8, 4) is 11.5 Å². The largest absolute Gasteiger partial charge is 0.384 e. The monoisotopic (exact) mass is 434 g/mol. The van der Waals surface area contributed by atoms with Crippen LogP contribution in [0.25, 0.3) is 17.2 Å². The molecule has 0 atom stereocenters. The highest BCUT2D eigenvalue weighted by Crippen LogP contribution is 2.20. The zero-order valence-electron chi connectivity index (χ0n) is 17.9. The van der Waals surface area contributed by atoms with E-state index in [1.807, 2.05) is 83.8 Å². The van der Waals surface area contributed by atoms with E-state index in [4.69, 9.17) is 5.73 Å². The maximum absolute atomic E-state index is 13.6. The first-order valence-corrected chi connectivity index (χ1v) is 10.6. The van der Waals surface area contributed by atoms with Gasteiger partial charge in [-0.25, -0.2) is 4.98 Å². The fourth-order valence-electron chi connectivity index (χ4n) is 3.73. The molecule has 2 N–H and O–H groups in total. The first-order valence-electron chi connectivity index (χ1n) is 10.6. The van der Waals surface area contributed by atoms with E-state index in [2.05, 4.69) is 15.1 Å². The van der Waals surface area contributed by atoms with Crippen LogP contribution in [0.3, 0.4) is 0 Å². The number of nitrogens with two attached hydrogens (primary N) is 1. The standard InChI is InChI=1S/C26H22N6O/c27-23-15-21(16-24-29-25(30-32(23)24)22-13-7-8-14-28-22)26(33)31(17-19-9-3-1-4-10-19)18-20-11-5-2-6-12-20/h1-16H,17-18,27H2. The average Bonchev–Trinajstić information content (AvgIpc) is 3.30. The summed E-state index contributed by atoms with van der Waals surface area (Å²) in [7, 11) is 0. The predicted molar refractivity (Wildman–Crippen MR) is 127 cm³/mol. The van der Waals surface area contributed by atoms with E-state index in [1.54, 1.807) is 18.3 Å². The quantitative estimate of drug-likeness (QED) is 0.432. The first-order chi connectivity index (χ1) is 16.2. The molecular weight excluding hydrogens is 412 g/mol. The molecule has 0 bridgehead atoms. The molecule has 3 aromatic heterocycles. The number of nitrogen functional groups attached to an aromatic ring is 1. The molecule has 0 fully saturated rings. The first kappa shape index (κ1) is 20.4. The second-order valence-electron chi connectivity index (χ2n) is 7.72. The van der Waals surface area contributed by atoms with Crippen LogP contribution in [0.15, 0.2) is 97.2 Å². The minimum absolute atomic E-state index is 0.126. The lowest BCUT2D eigenvalue weighted by Gasteiger charge is -2.23. The molecule has 162 valence electrons. The van der Waals surface area contributed by atoms with Crippen molar-refractivity contribution < 1.29 is 4.79 Å². The van der Waals surface area contributed by atoms with Gasteiger partial charge in [-0.3, -0.25) is 9.78 Å². The summed E-state index contributed by atoms with van der Waals surface area (Å²) in [5.74, 6) is 0.668. The molecule has 0 unspecified atom stereocenters. The smallest absolute Gasteiger partial charge is 0.254 e. The predicted octanol–water partition coefficient (Wildman–Crippen LogP) is 4.22. The Kier molecular flexibility index (Phi) is 5.51. The number of hydrogen-bond donors (Lipinski definition) is 1. The minimum atomic E-state index is -0.126. The minimum Gasteiger partial charge on any atom is -0.384 e. The highest BCUT2D eigenvalue weighted by molar-refractivity contribution is 5.96. The number of aromatic nitrogens is 4. The molecule has 1 amide bonds. The van der Waals surface area contributed by atoms with Gasteiger partial charge in [0.25, 0.3) is 5.91 Å². The van der Waals surface area contributed by atoms with E-state index in [-0.39, 0.29) is 5.91 Å². The lowest BCUT2D eigenvalue weighted by molar-refractivity contribution is 0.0730. The van der Waals surface area contributed by atoms with Crippen molar-refractivity contribution in [1.82, 2.24) is 24.5 Å². The molecule has 0 radical (unpaired) electrons. The molecule has 5 rings (SSSR count). The Hall–Kier alpha value is -4.52. The number of hydrogen-bond acceptors (Lipinski definition) is 5. The summed E-state index contributed by atoms with van der Waals surface area (Å²) in [5, 5.41) is 4.46. The molecule has 0 spiro atoms. The van der Waals surface area contributed by atoms with Gasteiger partial charge >= 0.3 is 0 Å². The Morgan fingerprint density at radius 1 is 0.848 bits per heavy atom. The third kappa shape index (κ3) is 4.43. The highest BCUT2D eigenvalue weighted by atomic mass is 16.2. The number of nitrogens with zero attached hydrogens (tertiary/aromatic N) is 5. The third-order valence-corrected chi connectivity index (χ3v) is 5.33. The van der Waals surface area contributed by atoms with E-state index in [9.17, 15) is 4.79 Å². The molecule has 0 aliphatic heterocycles. The second kappa shape index (κ2) is 8.92. The SMILES string of the molecule is Nc1cc(C(=O)N(Cc2ccccc2)Cc2ccccc2)cc2nc(-c3ccccn3)nn12. The van der Waals surface area contributed by atoms with Crippen LogP contribution in [-0.4, -0.2) is 30.4 Å². The van der Waals surface area contributed by atoms with Gasteiger partial charge in [-0.05, 0) is 35.4 Å². The summed E-state index contributed by atoms with van der Waals surface area (Å²) in [4.78, 5) is 24.3. The van der Waals surface area contributed by atoms with Crippen LogP contribution in [-0.2, 0) is 13.1 Å². The molecule has 7 heteroatoms. The van der Waals surface area contributed by atoms with E-state index < -0.39 is 0 Å². The van der Waals surface area contributed by atoms with Crippen LogP contribution < -0.4 is 5.73 Å². The summed E-state index contributed by atoms with van der Waals surface area (Å²) in [6.45, 7) is 0.955. The average molecular weight is 435 g/mol. The molecule has 0 saturated carbocycles. The van der Waals surface area contributed by atoms with Crippen molar-refractivity contribution in [3.63, 3.8) is 0 Å². The van der Waals surface area contributed by atoms with Crippen molar-refractivity contribution in [2.75, 3.05) is 5.73 Å². The molecule has 3 heterocycles. The Balaban J connectivity index is 1.50. The Labute approximate surface area is 191 Å². The maximum Gasteiger partial charge on any atom is 0.254 e. The second-order valence-corrected chi connectivity index (χ2v) is 7.72. The van der Waals surface area contributed by atoms with E-state index in [1.165, 1.54) is 4.52 Å². The lowest BCUT2D eigenvalue weighted by atomic mass is 10.1. The number of anilines is 1. The molecule has 0 aliphatic carbocycles. The highest BCUT2D eigenvalue weighted by Gasteiger charge is 2.20. The van der Waals surface area contributed by atoms with Crippen molar-refractivity contribution >= 4 is 17.4 Å². The number of fused-ring (bicyclic) bond motifs is 1. The van der Waals surface area contributed by atoms with E-state index in [0.29, 0.717) is 41.6 Å². The Bertz CT molecular complexity index is 1340. The van der Waals surface area contributed by atoms with Crippen LogP contribution in [0.4, 0.5) is 5.82 Å². The van der Waals surface area contributed by atoms with Crippen LogP contribution >= 0.6 is 0 Å². The fourth-order valence-corrected chi connectivity index (χ4v) is 3.73. The molecule has 0 saturated heterocycles. The van der Waals surface area contributed by atoms with Crippen molar-refractivity contribution in [2.45, 2.75) is 13.1 Å². The molecule has 5 aromatic rings. The molecule has 2 aromatic carbocycles. The Morgan fingerprint density at radius 2 is 1.48 bits per heavy atom. The number of pyridine rings is 2. The van der Waals surface area contributed by atoms with Gasteiger partial charge in [-0.1, -0.05) is 66.7 Å². The number of benzene rings is 2. The van der Waals surface area contributed by atoms with E-state index in [0.717, 1.165) is 11.1 Å².